The zero-order valence-corrected chi connectivity index (χ0v) is 10.5. The first kappa shape index (κ1) is 15.1. The Bertz CT molecular complexity index is 479. The number of ketones is 1. The zero-order valence-electron chi connectivity index (χ0n) is 10.5. The number of carbonyl (C=O) groups is 1. The minimum absolute atomic E-state index is 0.232. The van der Waals surface area contributed by atoms with Gasteiger partial charge in [0.25, 0.3) is 0 Å². The summed E-state index contributed by atoms with van der Waals surface area (Å²) >= 11 is 0. The summed E-state index contributed by atoms with van der Waals surface area (Å²) in [6.45, 7) is 0. The molecule has 0 amide bonds. The van der Waals surface area contributed by atoms with Crippen molar-refractivity contribution in [3.05, 3.63) is 35.9 Å². The molecule has 0 aromatic heterocycles. The van der Waals surface area contributed by atoms with E-state index in [1.54, 1.807) is 0 Å². The lowest BCUT2D eigenvalue weighted by molar-refractivity contribution is -0.125. The van der Waals surface area contributed by atoms with Crippen LogP contribution in [-0.2, 0) is 0 Å². The number of carbonyl (C=O) groups excluding carboxylic acids is 1. The van der Waals surface area contributed by atoms with Gasteiger partial charge in [-0.2, -0.15) is 13.2 Å². The van der Waals surface area contributed by atoms with Crippen LogP contribution in [0.3, 0.4) is 0 Å². The van der Waals surface area contributed by atoms with Gasteiger partial charge in [-0.15, -0.1) is 0 Å². The van der Waals surface area contributed by atoms with E-state index in [4.69, 9.17) is 9.47 Å². The Kier molecular flexibility index (Phi) is 4.97. The molecule has 0 saturated heterocycles. The molecule has 104 valence electrons. The third kappa shape index (κ3) is 4.65. The number of alkyl halides is 3. The van der Waals surface area contributed by atoms with E-state index in [0.717, 1.165) is 12.2 Å². The first-order chi connectivity index (χ1) is 8.87. The van der Waals surface area contributed by atoms with E-state index in [2.05, 4.69) is 0 Å². The van der Waals surface area contributed by atoms with E-state index in [1.165, 1.54) is 32.4 Å². The Balaban J connectivity index is 2.83. The van der Waals surface area contributed by atoms with Crippen molar-refractivity contribution in [2.45, 2.75) is 12.6 Å². The van der Waals surface area contributed by atoms with E-state index in [1.807, 2.05) is 0 Å². The number of ether oxygens (including phenoxy) is 2. The minimum atomic E-state index is -4.31. The molecule has 0 atom stereocenters. The standard InChI is InChI=1S/C13H13F3O3/c1-18-11-6-5-9(8-12(11)19-2)10(17)4-3-7-13(14,15)16/h3-6,8H,7H2,1-2H3/b4-3+. The van der Waals surface area contributed by atoms with Gasteiger partial charge >= 0.3 is 6.18 Å². The largest absolute Gasteiger partial charge is 0.493 e. The molecule has 1 rings (SSSR count). The fourth-order valence-corrected chi connectivity index (χ4v) is 1.39. The van der Waals surface area contributed by atoms with Crippen molar-refractivity contribution < 1.29 is 27.4 Å². The van der Waals surface area contributed by atoms with Crippen molar-refractivity contribution in [1.29, 1.82) is 0 Å². The molecule has 1 aromatic carbocycles. The Morgan fingerprint density at radius 3 is 2.37 bits per heavy atom. The van der Waals surface area contributed by atoms with Crippen molar-refractivity contribution in [1.82, 2.24) is 0 Å². The summed E-state index contributed by atoms with van der Waals surface area (Å²) in [5.74, 6) is 0.265. The lowest BCUT2D eigenvalue weighted by atomic mass is 10.1. The molecule has 0 aliphatic carbocycles. The van der Waals surface area contributed by atoms with Gasteiger partial charge in [-0.1, -0.05) is 6.08 Å². The molecule has 3 nitrogen and oxygen atoms in total. The van der Waals surface area contributed by atoms with Crippen LogP contribution in [0.25, 0.3) is 0 Å². The highest BCUT2D eigenvalue weighted by atomic mass is 19.4. The van der Waals surface area contributed by atoms with Crippen molar-refractivity contribution >= 4 is 5.78 Å². The van der Waals surface area contributed by atoms with E-state index < -0.39 is 18.4 Å². The summed E-state index contributed by atoms with van der Waals surface area (Å²) in [6, 6.07) is 4.39. The zero-order chi connectivity index (χ0) is 14.5. The second-order valence-electron chi connectivity index (χ2n) is 3.66. The summed E-state index contributed by atoms with van der Waals surface area (Å²) in [5.41, 5.74) is 0.232. The van der Waals surface area contributed by atoms with Crippen LogP contribution >= 0.6 is 0 Å². The molecule has 0 aliphatic rings. The molecule has 6 heteroatoms. The molecular weight excluding hydrogens is 261 g/mol. The maximum absolute atomic E-state index is 11.9. The lowest BCUT2D eigenvalue weighted by Gasteiger charge is -2.08. The number of benzene rings is 1. The van der Waals surface area contributed by atoms with Crippen molar-refractivity contribution in [2.75, 3.05) is 14.2 Å². The van der Waals surface area contributed by atoms with Crippen LogP contribution in [-0.4, -0.2) is 26.2 Å². The van der Waals surface area contributed by atoms with Crippen LogP contribution in [0.4, 0.5) is 13.2 Å². The average molecular weight is 274 g/mol. The second-order valence-corrected chi connectivity index (χ2v) is 3.66. The van der Waals surface area contributed by atoms with E-state index in [-0.39, 0.29) is 5.56 Å². The predicted molar refractivity (Wildman–Crippen MR) is 63.7 cm³/mol. The number of rotatable bonds is 5. The first-order valence-corrected chi connectivity index (χ1v) is 5.37. The quantitative estimate of drug-likeness (QED) is 0.610. The maximum Gasteiger partial charge on any atom is 0.392 e. The summed E-state index contributed by atoms with van der Waals surface area (Å²) < 4.78 is 45.8. The Morgan fingerprint density at radius 2 is 1.84 bits per heavy atom. The molecular formula is C13H13F3O3. The molecule has 0 fully saturated rings. The minimum Gasteiger partial charge on any atom is -0.493 e. The van der Waals surface area contributed by atoms with Gasteiger partial charge < -0.3 is 9.47 Å². The second kappa shape index (κ2) is 6.26. The van der Waals surface area contributed by atoms with Crippen LogP contribution in [0, 0.1) is 0 Å². The molecule has 0 saturated carbocycles. The molecule has 0 unspecified atom stereocenters. The molecule has 0 radical (unpaired) electrons. The Labute approximate surface area is 108 Å². The highest BCUT2D eigenvalue weighted by Gasteiger charge is 2.24. The monoisotopic (exact) mass is 274 g/mol. The molecule has 0 spiro atoms. The maximum atomic E-state index is 11.9. The van der Waals surface area contributed by atoms with Crippen molar-refractivity contribution in [3.63, 3.8) is 0 Å². The molecule has 19 heavy (non-hydrogen) atoms. The highest BCUT2D eigenvalue weighted by molar-refractivity contribution is 6.04. The van der Waals surface area contributed by atoms with Gasteiger partial charge in [0.1, 0.15) is 0 Å². The van der Waals surface area contributed by atoms with Gasteiger partial charge in [0, 0.05) is 5.56 Å². The average Bonchev–Trinajstić information content (AvgIpc) is 2.36. The third-order valence-electron chi connectivity index (χ3n) is 2.29. The lowest BCUT2D eigenvalue weighted by Crippen LogP contribution is -2.05. The van der Waals surface area contributed by atoms with Crippen LogP contribution in [0.2, 0.25) is 0 Å². The number of hydrogen-bond acceptors (Lipinski definition) is 3. The number of hydrogen-bond donors (Lipinski definition) is 0. The molecule has 0 heterocycles. The van der Waals surface area contributed by atoms with Gasteiger partial charge in [0.2, 0.25) is 0 Å². The summed E-state index contributed by atoms with van der Waals surface area (Å²) in [4.78, 5) is 11.6. The Hall–Kier alpha value is -1.98. The molecule has 0 aliphatic heterocycles. The van der Waals surface area contributed by atoms with Gasteiger partial charge in [-0.3, -0.25) is 4.79 Å². The summed E-state index contributed by atoms with van der Waals surface area (Å²) in [6.07, 6.45) is -3.76. The van der Waals surface area contributed by atoms with Gasteiger partial charge in [-0.05, 0) is 24.3 Å². The molecule has 0 bridgehead atoms. The van der Waals surface area contributed by atoms with E-state index in [9.17, 15) is 18.0 Å². The van der Waals surface area contributed by atoms with Crippen LogP contribution < -0.4 is 9.47 Å². The molecule has 1 aromatic rings. The topological polar surface area (TPSA) is 35.5 Å². The number of allylic oxidation sites excluding steroid dienone is 2. The van der Waals surface area contributed by atoms with Crippen LogP contribution in [0.1, 0.15) is 16.8 Å². The van der Waals surface area contributed by atoms with Crippen molar-refractivity contribution in [2.24, 2.45) is 0 Å². The number of methoxy groups -OCH3 is 2. The van der Waals surface area contributed by atoms with Gasteiger partial charge in [-0.25, -0.2) is 0 Å². The fourth-order valence-electron chi connectivity index (χ4n) is 1.39. The van der Waals surface area contributed by atoms with E-state index >= 15 is 0 Å². The predicted octanol–water partition coefficient (Wildman–Crippen LogP) is 3.40. The first-order valence-electron chi connectivity index (χ1n) is 5.37. The van der Waals surface area contributed by atoms with Crippen molar-refractivity contribution in [3.8, 4) is 11.5 Å². The van der Waals surface area contributed by atoms with Gasteiger partial charge in [0.05, 0.1) is 20.6 Å². The highest BCUT2D eigenvalue weighted by Crippen LogP contribution is 2.28. The van der Waals surface area contributed by atoms with Gasteiger partial charge in [0.15, 0.2) is 17.3 Å². The SMILES string of the molecule is COc1ccc(C(=O)/C=C/CC(F)(F)F)cc1OC. The van der Waals surface area contributed by atoms with Crippen LogP contribution in [0.5, 0.6) is 11.5 Å². The van der Waals surface area contributed by atoms with E-state index in [0.29, 0.717) is 11.5 Å². The summed E-state index contributed by atoms with van der Waals surface area (Å²) in [5, 5.41) is 0. The summed E-state index contributed by atoms with van der Waals surface area (Å²) in [7, 11) is 2.86. The number of halogens is 3. The smallest absolute Gasteiger partial charge is 0.392 e. The Morgan fingerprint density at radius 1 is 1.21 bits per heavy atom. The molecule has 0 N–H and O–H groups in total. The normalized spacial score (nSPS) is 11.6. The van der Waals surface area contributed by atoms with Crippen LogP contribution in [0.15, 0.2) is 30.4 Å². The fraction of sp³-hybridized carbons (Fsp3) is 0.308. The third-order valence-corrected chi connectivity index (χ3v) is 2.29.